The summed E-state index contributed by atoms with van der Waals surface area (Å²) in [5.41, 5.74) is 5.22. The van der Waals surface area contributed by atoms with Gasteiger partial charge in [-0.05, 0) is 29.8 Å². The Hall–Kier alpha value is -3.84. The van der Waals surface area contributed by atoms with Gasteiger partial charge in [0.05, 0.1) is 11.3 Å². The molecule has 4 nitrogen and oxygen atoms in total. The molecule has 4 aromatic rings. The molecule has 0 bridgehead atoms. The summed E-state index contributed by atoms with van der Waals surface area (Å²) in [7, 11) is 0. The van der Waals surface area contributed by atoms with Crippen LogP contribution < -0.4 is 5.32 Å². The summed E-state index contributed by atoms with van der Waals surface area (Å²) >= 11 is 0. The summed E-state index contributed by atoms with van der Waals surface area (Å²) in [4.78, 5) is 7.37. The van der Waals surface area contributed by atoms with Crippen LogP contribution in [-0.2, 0) is 0 Å². The first-order valence-electron chi connectivity index (χ1n) is 8.29. The SMILES string of the molecule is N#Cc1cncc(/C=C/c2ccccc2)c1Nc1ccc2[nH]ccc2c1. The number of nitrogens with one attached hydrogen (secondary N) is 2. The molecule has 26 heavy (non-hydrogen) atoms. The second-order valence-electron chi connectivity index (χ2n) is 5.91. The minimum atomic E-state index is 0.509. The lowest BCUT2D eigenvalue weighted by molar-refractivity contribution is 1.29. The van der Waals surface area contributed by atoms with E-state index in [4.69, 9.17) is 0 Å². The summed E-state index contributed by atoms with van der Waals surface area (Å²) < 4.78 is 0. The van der Waals surface area contributed by atoms with Crippen molar-refractivity contribution in [1.29, 1.82) is 5.26 Å². The minimum Gasteiger partial charge on any atom is -0.361 e. The van der Waals surface area contributed by atoms with Gasteiger partial charge in [0.15, 0.2) is 0 Å². The molecule has 4 rings (SSSR count). The Morgan fingerprint density at radius 1 is 1.00 bits per heavy atom. The molecule has 2 aromatic carbocycles. The number of nitrogens with zero attached hydrogens (tertiary/aromatic N) is 2. The molecule has 124 valence electrons. The molecule has 2 N–H and O–H groups in total. The van der Waals surface area contributed by atoms with E-state index in [1.165, 1.54) is 0 Å². The molecule has 0 aliphatic rings. The summed E-state index contributed by atoms with van der Waals surface area (Å²) in [6.07, 6.45) is 9.24. The summed E-state index contributed by atoms with van der Waals surface area (Å²) in [5, 5.41) is 14.0. The molecular formula is C22H16N4. The number of benzene rings is 2. The molecule has 0 unspecified atom stereocenters. The van der Waals surface area contributed by atoms with Crippen molar-refractivity contribution in [2.75, 3.05) is 5.32 Å². The zero-order valence-electron chi connectivity index (χ0n) is 14.0. The van der Waals surface area contributed by atoms with Gasteiger partial charge in [-0.2, -0.15) is 5.26 Å². The van der Waals surface area contributed by atoms with E-state index in [-0.39, 0.29) is 0 Å². The van der Waals surface area contributed by atoms with Gasteiger partial charge in [-0.15, -0.1) is 0 Å². The van der Waals surface area contributed by atoms with E-state index in [0.717, 1.165) is 33.4 Å². The fourth-order valence-corrected chi connectivity index (χ4v) is 2.85. The van der Waals surface area contributed by atoms with E-state index >= 15 is 0 Å². The number of pyridine rings is 1. The van der Waals surface area contributed by atoms with Crippen molar-refractivity contribution in [1.82, 2.24) is 9.97 Å². The fourth-order valence-electron chi connectivity index (χ4n) is 2.85. The Labute approximate surface area is 151 Å². The smallest absolute Gasteiger partial charge is 0.103 e. The van der Waals surface area contributed by atoms with Gasteiger partial charge in [0.1, 0.15) is 6.07 Å². The number of rotatable bonds is 4. The van der Waals surface area contributed by atoms with Gasteiger partial charge < -0.3 is 10.3 Å². The first kappa shape index (κ1) is 15.7. The molecule has 2 aromatic heterocycles. The fraction of sp³-hybridized carbons (Fsp3) is 0. The van der Waals surface area contributed by atoms with Crippen molar-refractivity contribution in [2.24, 2.45) is 0 Å². The first-order chi connectivity index (χ1) is 12.8. The van der Waals surface area contributed by atoms with E-state index in [1.54, 1.807) is 12.4 Å². The molecule has 4 heteroatoms. The van der Waals surface area contributed by atoms with Crippen LogP contribution in [-0.4, -0.2) is 9.97 Å². The second-order valence-corrected chi connectivity index (χ2v) is 5.91. The van der Waals surface area contributed by atoms with E-state index in [1.807, 2.05) is 66.9 Å². The van der Waals surface area contributed by atoms with Crippen LogP contribution in [0.1, 0.15) is 16.7 Å². The van der Waals surface area contributed by atoms with Gasteiger partial charge in [0.2, 0.25) is 0 Å². The van der Waals surface area contributed by atoms with Crippen molar-refractivity contribution in [2.45, 2.75) is 0 Å². The lowest BCUT2D eigenvalue weighted by atomic mass is 10.1. The van der Waals surface area contributed by atoms with Crippen LogP contribution in [0, 0.1) is 11.3 Å². The highest BCUT2D eigenvalue weighted by Gasteiger charge is 2.08. The lowest BCUT2D eigenvalue weighted by Crippen LogP contribution is -1.97. The highest BCUT2D eigenvalue weighted by atomic mass is 14.9. The summed E-state index contributed by atoms with van der Waals surface area (Å²) in [6, 6.07) is 20.3. The van der Waals surface area contributed by atoms with Gasteiger partial charge >= 0.3 is 0 Å². The normalized spacial score (nSPS) is 10.9. The number of anilines is 2. The van der Waals surface area contributed by atoms with Crippen LogP contribution in [0.25, 0.3) is 23.1 Å². The standard InChI is InChI=1S/C22H16N4/c23-13-19-15-24-14-18(7-6-16-4-2-1-3-5-16)22(19)26-20-8-9-21-17(12-20)10-11-25-21/h1-12,14-15,25H,(H,24,26)/b7-6+. The van der Waals surface area contributed by atoms with Crippen LogP contribution in [0.2, 0.25) is 0 Å². The average molecular weight is 336 g/mol. The van der Waals surface area contributed by atoms with Gasteiger partial charge in [0, 0.05) is 40.7 Å². The zero-order valence-corrected chi connectivity index (χ0v) is 14.0. The first-order valence-corrected chi connectivity index (χ1v) is 8.29. The third kappa shape index (κ3) is 3.19. The molecular weight excluding hydrogens is 320 g/mol. The van der Waals surface area contributed by atoms with E-state index in [0.29, 0.717) is 5.56 Å². The zero-order chi connectivity index (χ0) is 17.8. The highest BCUT2D eigenvalue weighted by molar-refractivity contribution is 5.86. The summed E-state index contributed by atoms with van der Waals surface area (Å²) in [6.45, 7) is 0. The monoisotopic (exact) mass is 336 g/mol. The molecule has 0 spiro atoms. The Bertz CT molecular complexity index is 1120. The maximum absolute atomic E-state index is 9.49. The minimum absolute atomic E-state index is 0.509. The number of hydrogen-bond donors (Lipinski definition) is 2. The topological polar surface area (TPSA) is 64.5 Å². The number of H-pyrrole nitrogens is 1. The van der Waals surface area contributed by atoms with Crippen molar-refractivity contribution < 1.29 is 0 Å². The Morgan fingerprint density at radius 2 is 1.88 bits per heavy atom. The molecule has 0 saturated heterocycles. The van der Waals surface area contributed by atoms with E-state index in [9.17, 15) is 5.26 Å². The molecule has 2 heterocycles. The Kier molecular flexibility index (Phi) is 4.19. The lowest BCUT2D eigenvalue weighted by Gasteiger charge is -2.11. The van der Waals surface area contributed by atoms with Crippen LogP contribution in [0.4, 0.5) is 11.4 Å². The number of fused-ring (bicyclic) bond motifs is 1. The second kappa shape index (κ2) is 6.96. The third-order valence-electron chi connectivity index (χ3n) is 4.17. The maximum atomic E-state index is 9.49. The Morgan fingerprint density at radius 3 is 2.73 bits per heavy atom. The van der Waals surface area contributed by atoms with Gasteiger partial charge in [-0.3, -0.25) is 4.98 Å². The third-order valence-corrected chi connectivity index (χ3v) is 4.17. The predicted molar refractivity (Wildman–Crippen MR) is 106 cm³/mol. The molecule has 0 atom stereocenters. The molecule has 0 amide bonds. The van der Waals surface area contributed by atoms with E-state index < -0.39 is 0 Å². The van der Waals surface area contributed by atoms with Crippen molar-refractivity contribution >= 4 is 34.4 Å². The summed E-state index contributed by atoms with van der Waals surface area (Å²) in [5.74, 6) is 0. The van der Waals surface area contributed by atoms with Crippen molar-refractivity contribution in [3.63, 3.8) is 0 Å². The van der Waals surface area contributed by atoms with Gasteiger partial charge in [0.25, 0.3) is 0 Å². The molecule has 0 aliphatic carbocycles. The van der Waals surface area contributed by atoms with Crippen LogP contribution >= 0.6 is 0 Å². The van der Waals surface area contributed by atoms with Crippen LogP contribution in [0.5, 0.6) is 0 Å². The molecule has 0 aliphatic heterocycles. The van der Waals surface area contributed by atoms with Crippen LogP contribution in [0.3, 0.4) is 0 Å². The maximum Gasteiger partial charge on any atom is 0.103 e. The van der Waals surface area contributed by atoms with Gasteiger partial charge in [-0.25, -0.2) is 0 Å². The van der Waals surface area contributed by atoms with Gasteiger partial charge in [-0.1, -0.05) is 42.5 Å². The van der Waals surface area contributed by atoms with E-state index in [2.05, 4.69) is 27.4 Å². The molecule has 0 saturated carbocycles. The average Bonchev–Trinajstić information content (AvgIpc) is 3.16. The van der Waals surface area contributed by atoms with Crippen molar-refractivity contribution in [3.8, 4) is 6.07 Å². The number of aromatic nitrogens is 2. The molecule has 0 radical (unpaired) electrons. The largest absolute Gasteiger partial charge is 0.361 e. The molecule has 0 fully saturated rings. The highest BCUT2D eigenvalue weighted by Crippen LogP contribution is 2.27. The quantitative estimate of drug-likeness (QED) is 0.528. The number of nitriles is 1. The van der Waals surface area contributed by atoms with Crippen molar-refractivity contribution in [3.05, 3.63) is 89.9 Å². The number of aromatic amines is 1. The predicted octanol–water partition coefficient (Wildman–Crippen LogP) is 5.35. The Balaban J connectivity index is 1.72. The van der Waals surface area contributed by atoms with Crippen LogP contribution in [0.15, 0.2) is 73.2 Å². The number of hydrogen-bond acceptors (Lipinski definition) is 3.